The number of rotatable bonds is 6. The Morgan fingerprint density at radius 3 is 2.70 bits per heavy atom. The summed E-state index contributed by atoms with van der Waals surface area (Å²) in [7, 11) is 0. The molecule has 0 aromatic heterocycles. The van der Waals surface area contributed by atoms with Gasteiger partial charge < -0.3 is 20.9 Å². The van der Waals surface area contributed by atoms with Gasteiger partial charge in [-0.25, -0.2) is 4.79 Å². The van der Waals surface area contributed by atoms with Crippen molar-refractivity contribution in [3.8, 4) is 0 Å². The van der Waals surface area contributed by atoms with Crippen LogP contribution in [0, 0.1) is 5.92 Å². The monoisotopic (exact) mass is 321 g/mol. The van der Waals surface area contributed by atoms with E-state index in [1.54, 1.807) is 0 Å². The molecule has 126 valence electrons. The van der Waals surface area contributed by atoms with E-state index in [0.29, 0.717) is 32.6 Å². The molecule has 0 spiro atoms. The molecule has 2 unspecified atom stereocenters. The van der Waals surface area contributed by atoms with Crippen LogP contribution in [0.5, 0.6) is 0 Å². The van der Waals surface area contributed by atoms with Crippen LogP contribution in [0.15, 0.2) is 30.3 Å². The van der Waals surface area contributed by atoms with E-state index in [4.69, 9.17) is 10.5 Å². The molecule has 1 aromatic rings. The molecule has 1 aliphatic rings. The second kappa shape index (κ2) is 8.50. The number of nitrogens with zero attached hydrogens (tertiary/aromatic N) is 1. The maximum absolute atomic E-state index is 11.9. The zero-order valence-electron chi connectivity index (χ0n) is 13.0. The highest BCUT2D eigenvalue weighted by Gasteiger charge is 2.32. The maximum Gasteiger partial charge on any atom is 0.407 e. The lowest BCUT2D eigenvalue weighted by Gasteiger charge is -2.36. The first-order valence-corrected chi connectivity index (χ1v) is 7.71. The molecule has 4 N–H and O–H groups in total. The topological polar surface area (TPSA) is 105 Å². The van der Waals surface area contributed by atoms with Crippen molar-refractivity contribution < 1.29 is 19.4 Å². The molecule has 7 heteroatoms. The number of likely N-dealkylation sites (tertiary alicyclic amines) is 1. The maximum atomic E-state index is 11.9. The molecule has 1 amide bonds. The fraction of sp³-hybridized carbons (Fsp3) is 0.500. The van der Waals surface area contributed by atoms with E-state index in [2.05, 4.69) is 5.32 Å². The number of carboxylic acids is 1. The number of alkyl carbamates (subject to hydrolysis) is 1. The van der Waals surface area contributed by atoms with Gasteiger partial charge >= 0.3 is 12.1 Å². The van der Waals surface area contributed by atoms with Crippen LogP contribution in [-0.4, -0.2) is 54.3 Å². The summed E-state index contributed by atoms with van der Waals surface area (Å²) in [4.78, 5) is 25.1. The Balaban J connectivity index is 1.84. The zero-order chi connectivity index (χ0) is 16.7. The van der Waals surface area contributed by atoms with E-state index in [0.717, 1.165) is 5.56 Å². The number of carboxylic acid groups (broad SMARTS) is 1. The Morgan fingerprint density at radius 1 is 1.30 bits per heavy atom. The highest BCUT2D eigenvalue weighted by Crippen LogP contribution is 2.17. The summed E-state index contributed by atoms with van der Waals surface area (Å²) in [5.74, 6) is -1.36. The molecule has 1 aliphatic heterocycles. The number of aliphatic carboxylic acids is 1. The van der Waals surface area contributed by atoms with Gasteiger partial charge in [0.05, 0.1) is 5.92 Å². The summed E-state index contributed by atoms with van der Waals surface area (Å²) in [6.07, 6.45) is -0.130. The van der Waals surface area contributed by atoms with Gasteiger partial charge in [-0.05, 0) is 12.0 Å². The summed E-state index contributed by atoms with van der Waals surface area (Å²) in [6.45, 7) is 2.30. The van der Waals surface area contributed by atoms with Crippen LogP contribution in [0.3, 0.4) is 0 Å². The Morgan fingerprint density at radius 2 is 2.04 bits per heavy atom. The van der Waals surface area contributed by atoms with E-state index >= 15 is 0 Å². The molecule has 0 radical (unpaired) electrons. The minimum Gasteiger partial charge on any atom is -0.481 e. The molecule has 1 heterocycles. The van der Waals surface area contributed by atoms with E-state index in [-0.39, 0.29) is 12.6 Å². The first kappa shape index (κ1) is 17.2. The van der Waals surface area contributed by atoms with Crippen LogP contribution in [0.4, 0.5) is 4.79 Å². The molecule has 1 saturated heterocycles. The number of nitrogens with two attached hydrogens (primary N) is 1. The lowest BCUT2D eigenvalue weighted by Crippen LogP contribution is -2.53. The van der Waals surface area contributed by atoms with E-state index in [9.17, 15) is 14.7 Å². The third-order valence-corrected chi connectivity index (χ3v) is 3.86. The van der Waals surface area contributed by atoms with Crippen LogP contribution >= 0.6 is 0 Å². The molecule has 2 atom stereocenters. The van der Waals surface area contributed by atoms with Crippen molar-refractivity contribution in [2.45, 2.75) is 19.1 Å². The second-order valence-electron chi connectivity index (χ2n) is 5.72. The summed E-state index contributed by atoms with van der Waals surface area (Å²) in [6, 6.07) is 9.14. The quantitative estimate of drug-likeness (QED) is 0.710. The van der Waals surface area contributed by atoms with Crippen LogP contribution in [-0.2, 0) is 16.1 Å². The van der Waals surface area contributed by atoms with Crippen LogP contribution in [0.25, 0.3) is 0 Å². The van der Waals surface area contributed by atoms with Gasteiger partial charge in [-0.2, -0.15) is 0 Å². The third-order valence-electron chi connectivity index (χ3n) is 3.86. The van der Waals surface area contributed by atoms with Gasteiger partial charge in [-0.1, -0.05) is 30.3 Å². The number of hydrogen-bond acceptors (Lipinski definition) is 5. The van der Waals surface area contributed by atoms with E-state index in [1.807, 2.05) is 35.2 Å². The largest absolute Gasteiger partial charge is 0.481 e. The minimum atomic E-state index is -0.851. The van der Waals surface area contributed by atoms with Crippen LogP contribution in [0.1, 0.15) is 12.0 Å². The van der Waals surface area contributed by atoms with Gasteiger partial charge in [0.2, 0.25) is 0 Å². The second-order valence-corrected chi connectivity index (χ2v) is 5.72. The van der Waals surface area contributed by atoms with E-state index < -0.39 is 18.0 Å². The Hall–Kier alpha value is -2.12. The SMILES string of the molecule is NCCN1CC(NC(=O)OCc2ccccc2)CC(C(=O)O)C1. The van der Waals surface area contributed by atoms with Crippen molar-refractivity contribution in [1.29, 1.82) is 0 Å². The summed E-state index contributed by atoms with van der Waals surface area (Å²) in [5.41, 5.74) is 6.44. The Bertz CT molecular complexity index is 523. The number of ether oxygens (including phenoxy) is 1. The molecule has 23 heavy (non-hydrogen) atoms. The number of amides is 1. The first-order chi connectivity index (χ1) is 11.1. The molecule has 7 nitrogen and oxygen atoms in total. The third kappa shape index (κ3) is 5.54. The van der Waals surface area contributed by atoms with Crippen LogP contribution in [0.2, 0.25) is 0 Å². The number of carbonyl (C=O) groups excluding carboxylic acids is 1. The average molecular weight is 321 g/mol. The predicted molar refractivity (Wildman–Crippen MR) is 84.8 cm³/mol. The molecule has 0 saturated carbocycles. The van der Waals surface area contributed by atoms with Crippen molar-refractivity contribution in [2.75, 3.05) is 26.2 Å². The highest BCUT2D eigenvalue weighted by molar-refractivity contribution is 5.71. The van der Waals surface area contributed by atoms with Gasteiger partial charge in [-0.3, -0.25) is 9.69 Å². The van der Waals surface area contributed by atoms with Crippen LogP contribution < -0.4 is 11.1 Å². The molecule has 1 fully saturated rings. The van der Waals surface area contributed by atoms with Gasteiger partial charge in [0.25, 0.3) is 0 Å². The smallest absolute Gasteiger partial charge is 0.407 e. The standard InChI is InChI=1S/C16H23N3O4/c17-6-7-19-9-13(15(20)21)8-14(10-19)18-16(22)23-11-12-4-2-1-3-5-12/h1-5,13-14H,6-11,17H2,(H,18,22)(H,20,21). The van der Waals surface area contributed by atoms with Crippen molar-refractivity contribution in [3.63, 3.8) is 0 Å². The zero-order valence-corrected chi connectivity index (χ0v) is 13.0. The normalized spacial score (nSPS) is 21.6. The van der Waals surface area contributed by atoms with Gasteiger partial charge in [0, 0.05) is 32.2 Å². The molecule has 0 aliphatic carbocycles. The highest BCUT2D eigenvalue weighted by atomic mass is 16.5. The predicted octanol–water partition coefficient (Wildman–Crippen LogP) is 0.647. The number of piperidine rings is 1. The number of benzene rings is 1. The summed E-state index contributed by atoms with van der Waals surface area (Å²) in [5, 5.41) is 12.0. The van der Waals surface area contributed by atoms with Crippen molar-refractivity contribution in [2.24, 2.45) is 11.7 Å². The van der Waals surface area contributed by atoms with Gasteiger partial charge in [-0.15, -0.1) is 0 Å². The summed E-state index contributed by atoms with van der Waals surface area (Å²) >= 11 is 0. The average Bonchev–Trinajstić information content (AvgIpc) is 2.54. The molecule has 0 bridgehead atoms. The molecule has 2 rings (SSSR count). The van der Waals surface area contributed by atoms with Gasteiger partial charge in [0.15, 0.2) is 0 Å². The Labute approximate surface area is 135 Å². The molecular formula is C16H23N3O4. The van der Waals surface area contributed by atoms with Crippen molar-refractivity contribution in [3.05, 3.63) is 35.9 Å². The minimum absolute atomic E-state index is 0.189. The lowest BCUT2D eigenvalue weighted by atomic mass is 9.94. The number of nitrogens with one attached hydrogen (secondary N) is 1. The first-order valence-electron chi connectivity index (χ1n) is 7.71. The fourth-order valence-electron chi connectivity index (χ4n) is 2.77. The molecule has 1 aromatic carbocycles. The number of carbonyl (C=O) groups is 2. The van der Waals surface area contributed by atoms with Crippen molar-refractivity contribution >= 4 is 12.1 Å². The lowest BCUT2D eigenvalue weighted by molar-refractivity contribution is -0.144. The molecular weight excluding hydrogens is 298 g/mol. The Kier molecular flexibility index (Phi) is 6.37. The fourth-order valence-corrected chi connectivity index (χ4v) is 2.77. The summed E-state index contributed by atoms with van der Waals surface area (Å²) < 4.78 is 5.18. The van der Waals surface area contributed by atoms with E-state index in [1.165, 1.54) is 0 Å². The number of hydrogen-bond donors (Lipinski definition) is 3. The van der Waals surface area contributed by atoms with Gasteiger partial charge in [0.1, 0.15) is 6.61 Å². The van der Waals surface area contributed by atoms with Crippen molar-refractivity contribution in [1.82, 2.24) is 10.2 Å².